The number of aromatic nitrogens is 2. The number of rotatable bonds is 13. The van der Waals surface area contributed by atoms with E-state index in [-0.39, 0.29) is 23.6 Å². The van der Waals surface area contributed by atoms with Gasteiger partial charge in [0.25, 0.3) is 11.1 Å². The van der Waals surface area contributed by atoms with Gasteiger partial charge in [0.05, 0.1) is 44.5 Å². The molecular formula is C41H48N4O7S. The number of fused-ring (bicyclic) bond motifs is 2. The van der Waals surface area contributed by atoms with Crippen LogP contribution in [0, 0.1) is 13.8 Å². The zero-order valence-electron chi connectivity index (χ0n) is 31.1. The standard InChI is InChI=1S/C28H35N3O4S.C13H13NO3/c1-20-18-27(32)31(25-19-22(34-2)8-9-23(20)25)16-15-30-13-10-21(11-14-30)29-12-17-36-26-7-5-4-6-24(26)28(33)35-3;1-9-7-13(16)14(5-6-15)12-8-10(17-2)3-4-11(9)12/h4-9,18-19,21,29H,10-17H2,1-3H3;3-4,6-8H,5H2,1-2H3. The van der Waals surface area contributed by atoms with Crippen LogP contribution in [0.4, 0.5) is 0 Å². The zero-order valence-corrected chi connectivity index (χ0v) is 31.9. The number of methoxy groups -OCH3 is 3. The Morgan fingerprint density at radius 2 is 1.40 bits per heavy atom. The summed E-state index contributed by atoms with van der Waals surface area (Å²) < 4.78 is 18.7. The van der Waals surface area contributed by atoms with Crippen LogP contribution in [0.5, 0.6) is 11.5 Å². The third kappa shape index (κ3) is 9.75. The number of hydrogen-bond donors (Lipinski definition) is 1. The van der Waals surface area contributed by atoms with Crippen molar-refractivity contribution in [3.8, 4) is 11.5 Å². The van der Waals surface area contributed by atoms with Crippen LogP contribution in [0.1, 0.15) is 34.3 Å². The number of thioether (sulfide) groups is 1. The van der Waals surface area contributed by atoms with E-state index in [2.05, 4.69) is 10.2 Å². The van der Waals surface area contributed by atoms with E-state index in [0.717, 1.165) is 94.6 Å². The average molecular weight is 741 g/mol. The van der Waals surface area contributed by atoms with E-state index < -0.39 is 0 Å². The van der Waals surface area contributed by atoms with Gasteiger partial charge in [-0.1, -0.05) is 12.1 Å². The molecule has 0 amide bonds. The molecule has 0 saturated carbocycles. The molecule has 5 aromatic rings. The number of carbonyl (C=O) groups excluding carboxylic acids is 2. The highest BCUT2D eigenvalue weighted by atomic mass is 32.2. The van der Waals surface area contributed by atoms with Crippen LogP contribution >= 0.6 is 11.8 Å². The van der Waals surface area contributed by atoms with Crippen LogP contribution < -0.4 is 25.9 Å². The highest BCUT2D eigenvalue weighted by Gasteiger charge is 2.19. The predicted molar refractivity (Wildman–Crippen MR) is 211 cm³/mol. The number of pyridine rings is 2. The minimum Gasteiger partial charge on any atom is -0.497 e. The largest absolute Gasteiger partial charge is 0.497 e. The number of piperidine rings is 1. The number of carbonyl (C=O) groups is 2. The van der Waals surface area contributed by atoms with E-state index in [9.17, 15) is 19.2 Å². The molecule has 1 fully saturated rings. The highest BCUT2D eigenvalue weighted by molar-refractivity contribution is 7.99. The SMILES string of the molecule is COC(=O)c1ccccc1SCCNC1CCN(CCn2c(=O)cc(C)c3ccc(OC)cc32)CC1.COc1ccc2c(C)cc(=O)n(CC=O)c2c1. The van der Waals surface area contributed by atoms with Gasteiger partial charge in [-0.15, -0.1) is 11.8 Å². The minimum absolute atomic E-state index is 0.0380. The van der Waals surface area contributed by atoms with Crippen molar-refractivity contribution in [2.75, 3.05) is 53.3 Å². The average Bonchev–Trinajstić information content (AvgIpc) is 3.18. The highest BCUT2D eigenvalue weighted by Crippen LogP contribution is 2.25. The molecular weight excluding hydrogens is 693 g/mol. The lowest BCUT2D eigenvalue weighted by Gasteiger charge is -2.32. The number of likely N-dealkylation sites (tertiary alicyclic amines) is 1. The fraction of sp³-hybridized carbons (Fsp3) is 0.366. The van der Waals surface area contributed by atoms with Crippen molar-refractivity contribution >= 4 is 45.8 Å². The Labute approximate surface area is 313 Å². The van der Waals surface area contributed by atoms with Gasteiger partial charge in [0, 0.05) is 71.4 Å². The Morgan fingerprint density at radius 3 is 1.98 bits per heavy atom. The van der Waals surface area contributed by atoms with Crippen molar-refractivity contribution in [3.05, 3.63) is 110 Å². The summed E-state index contributed by atoms with van der Waals surface area (Å²) in [7, 11) is 4.63. The number of aldehydes is 1. The first-order chi connectivity index (χ1) is 25.7. The smallest absolute Gasteiger partial charge is 0.338 e. The van der Waals surface area contributed by atoms with E-state index in [1.54, 1.807) is 44.2 Å². The number of ether oxygens (including phenoxy) is 3. The monoisotopic (exact) mass is 740 g/mol. The summed E-state index contributed by atoms with van der Waals surface area (Å²) in [6.45, 7) is 8.34. The summed E-state index contributed by atoms with van der Waals surface area (Å²) in [6, 6.07) is 22.8. The molecule has 1 saturated heterocycles. The van der Waals surface area contributed by atoms with E-state index in [1.807, 2.05) is 66.9 Å². The van der Waals surface area contributed by atoms with Crippen LogP contribution in [-0.2, 0) is 22.6 Å². The summed E-state index contributed by atoms with van der Waals surface area (Å²) in [5, 5.41) is 5.71. The molecule has 280 valence electrons. The molecule has 0 unspecified atom stereocenters. The van der Waals surface area contributed by atoms with Gasteiger partial charge >= 0.3 is 5.97 Å². The lowest BCUT2D eigenvalue weighted by molar-refractivity contribution is -0.108. The summed E-state index contributed by atoms with van der Waals surface area (Å²) in [5.74, 6) is 2.03. The van der Waals surface area contributed by atoms with E-state index in [4.69, 9.17) is 14.2 Å². The number of nitrogens with zero attached hydrogens (tertiary/aromatic N) is 3. The normalized spacial score (nSPS) is 13.4. The molecule has 0 atom stereocenters. The Bertz CT molecular complexity index is 2170. The van der Waals surface area contributed by atoms with Gasteiger partial charge < -0.3 is 38.4 Å². The summed E-state index contributed by atoms with van der Waals surface area (Å²) in [6.07, 6.45) is 2.89. The van der Waals surface area contributed by atoms with Gasteiger partial charge in [0.15, 0.2) is 0 Å². The molecule has 6 rings (SSSR count). The van der Waals surface area contributed by atoms with Gasteiger partial charge in [-0.3, -0.25) is 9.59 Å². The lowest BCUT2D eigenvalue weighted by atomic mass is 10.1. The molecule has 1 aliphatic rings. The number of esters is 1. The van der Waals surface area contributed by atoms with Crippen molar-refractivity contribution < 1.29 is 23.8 Å². The van der Waals surface area contributed by atoms with Gasteiger partial charge in [0.1, 0.15) is 17.8 Å². The summed E-state index contributed by atoms with van der Waals surface area (Å²) in [5.41, 5.74) is 4.04. The van der Waals surface area contributed by atoms with Crippen LogP contribution in [-0.4, -0.2) is 85.6 Å². The molecule has 0 spiro atoms. The van der Waals surface area contributed by atoms with Gasteiger partial charge in [-0.25, -0.2) is 4.79 Å². The fourth-order valence-corrected chi connectivity index (χ4v) is 7.62. The molecule has 0 aliphatic carbocycles. The number of nitrogens with one attached hydrogen (secondary N) is 1. The molecule has 53 heavy (non-hydrogen) atoms. The fourth-order valence-electron chi connectivity index (χ4n) is 6.70. The Balaban J connectivity index is 0.000000265. The maximum Gasteiger partial charge on any atom is 0.338 e. The number of benzene rings is 3. The van der Waals surface area contributed by atoms with Gasteiger partial charge in [0.2, 0.25) is 0 Å². The molecule has 3 heterocycles. The first-order valence-electron chi connectivity index (χ1n) is 17.7. The summed E-state index contributed by atoms with van der Waals surface area (Å²) >= 11 is 1.68. The Morgan fingerprint density at radius 1 is 0.811 bits per heavy atom. The topological polar surface area (TPSA) is 121 Å². The van der Waals surface area contributed by atoms with Crippen LogP contribution in [0.3, 0.4) is 0 Å². The van der Waals surface area contributed by atoms with E-state index >= 15 is 0 Å². The van der Waals surface area contributed by atoms with Crippen molar-refractivity contribution in [1.82, 2.24) is 19.4 Å². The van der Waals surface area contributed by atoms with Gasteiger partial charge in [-0.05, 0) is 87.3 Å². The molecule has 0 bridgehead atoms. The third-order valence-corrected chi connectivity index (χ3v) is 10.7. The first-order valence-corrected chi connectivity index (χ1v) is 18.7. The maximum atomic E-state index is 12.8. The maximum absolute atomic E-state index is 12.8. The van der Waals surface area contributed by atoms with Crippen molar-refractivity contribution in [1.29, 1.82) is 0 Å². The van der Waals surface area contributed by atoms with Crippen LogP contribution in [0.2, 0.25) is 0 Å². The van der Waals surface area contributed by atoms with Crippen molar-refractivity contribution in [3.63, 3.8) is 0 Å². The first kappa shape index (κ1) is 39.3. The minimum atomic E-state index is -0.293. The Hall–Kier alpha value is -4.91. The van der Waals surface area contributed by atoms with E-state index in [1.165, 1.54) is 17.7 Å². The molecule has 1 aliphatic heterocycles. The molecule has 2 aromatic heterocycles. The second kappa shape index (κ2) is 18.7. The summed E-state index contributed by atoms with van der Waals surface area (Å²) in [4.78, 5) is 50.5. The number of hydrogen-bond acceptors (Lipinski definition) is 10. The second-order valence-corrected chi connectivity index (χ2v) is 14.1. The Kier molecular flexibility index (Phi) is 13.9. The molecule has 1 N–H and O–H groups in total. The molecule has 12 heteroatoms. The molecule has 0 radical (unpaired) electrons. The third-order valence-electron chi connectivity index (χ3n) is 9.62. The molecule has 11 nitrogen and oxygen atoms in total. The lowest BCUT2D eigenvalue weighted by Crippen LogP contribution is -2.44. The van der Waals surface area contributed by atoms with Crippen LogP contribution in [0.15, 0.2) is 87.3 Å². The molecule has 3 aromatic carbocycles. The zero-order chi connectivity index (χ0) is 37.9. The van der Waals surface area contributed by atoms with Gasteiger partial charge in [-0.2, -0.15) is 0 Å². The van der Waals surface area contributed by atoms with Crippen molar-refractivity contribution in [2.45, 2.75) is 50.7 Å². The predicted octanol–water partition coefficient (Wildman–Crippen LogP) is 5.47. The number of aryl methyl sites for hydroxylation is 2. The second-order valence-electron chi connectivity index (χ2n) is 12.9. The van der Waals surface area contributed by atoms with E-state index in [0.29, 0.717) is 23.9 Å². The van der Waals surface area contributed by atoms with Crippen LogP contribution in [0.25, 0.3) is 21.8 Å². The van der Waals surface area contributed by atoms with Crippen molar-refractivity contribution in [2.24, 2.45) is 0 Å². The quantitative estimate of drug-likeness (QED) is 0.0721.